The van der Waals surface area contributed by atoms with Crippen molar-refractivity contribution >= 4 is 11.6 Å². The Morgan fingerprint density at radius 1 is 1.00 bits per heavy atom. The van der Waals surface area contributed by atoms with Crippen LogP contribution in [0.25, 0.3) is 0 Å². The van der Waals surface area contributed by atoms with Crippen LogP contribution >= 0.6 is 0 Å². The fourth-order valence-corrected chi connectivity index (χ4v) is 7.71. The Morgan fingerprint density at radius 3 is 2.33 bits per heavy atom. The first-order valence-corrected chi connectivity index (χ1v) is 10.2. The van der Waals surface area contributed by atoms with Crippen molar-refractivity contribution in [1.29, 1.82) is 0 Å². The summed E-state index contributed by atoms with van der Waals surface area (Å²) >= 11 is 0. The van der Waals surface area contributed by atoms with E-state index >= 15 is 0 Å². The minimum absolute atomic E-state index is 0.00203. The zero-order chi connectivity index (χ0) is 19.6. The summed E-state index contributed by atoms with van der Waals surface area (Å²) in [4.78, 5) is 27.1. The third-order valence-corrected chi connectivity index (χ3v) is 8.48. The molecule has 6 atom stereocenters. The smallest absolute Gasteiger partial charge is 0.172 e. The van der Waals surface area contributed by atoms with Crippen LogP contribution in [0.3, 0.4) is 0 Å². The molecular formula is C23H32O4. The Morgan fingerprint density at radius 2 is 1.67 bits per heavy atom. The van der Waals surface area contributed by atoms with Gasteiger partial charge < -0.3 is 9.47 Å². The van der Waals surface area contributed by atoms with Crippen LogP contribution in [0.2, 0.25) is 0 Å². The number of rotatable bonds is 4. The van der Waals surface area contributed by atoms with Gasteiger partial charge in [-0.3, -0.25) is 9.59 Å². The number of methoxy groups -OCH3 is 2. The maximum absolute atomic E-state index is 13.7. The molecule has 0 saturated heterocycles. The number of fused-ring (bicyclic) bond motifs is 3. The minimum atomic E-state index is -0.941. The van der Waals surface area contributed by atoms with Crippen molar-refractivity contribution in [2.75, 3.05) is 27.4 Å². The average Bonchev–Trinajstić information content (AvgIpc) is 2.64. The molecule has 5 fully saturated rings. The van der Waals surface area contributed by atoms with Crippen molar-refractivity contribution in [2.24, 2.45) is 34.0 Å². The Bertz CT molecular complexity index is 716. The molecule has 2 unspecified atom stereocenters. The Kier molecular flexibility index (Phi) is 4.32. The van der Waals surface area contributed by atoms with Crippen molar-refractivity contribution < 1.29 is 19.1 Å². The van der Waals surface area contributed by atoms with Crippen LogP contribution < -0.4 is 0 Å². The van der Waals surface area contributed by atoms with Crippen molar-refractivity contribution in [2.45, 2.75) is 45.4 Å². The van der Waals surface area contributed by atoms with E-state index < -0.39 is 5.41 Å². The first kappa shape index (κ1) is 19.1. The average molecular weight is 373 g/mol. The van der Waals surface area contributed by atoms with E-state index in [2.05, 4.69) is 20.1 Å². The number of hydrogen-bond donors (Lipinski definition) is 0. The van der Waals surface area contributed by atoms with Gasteiger partial charge >= 0.3 is 0 Å². The van der Waals surface area contributed by atoms with Crippen LogP contribution in [0.4, 0.5) is 0 Å². The molecule has 0 aromatic carbocycles. The maximum atomic E-state index is 13.7. The number of Topliss-reactive ketones (excluding diaryl/α,β-unsaturated/α-hetero) is 2. The molecule has 0 aromatic rings. The van der Waals surface area contributed by atoms with Gasteiger partial charge in [0.15, 0.2) is 11.6 Å². The van der Waals surface area contributed by atoms with Gasteiger partial charge in [-0.1, -0.05) is 26.5 Å². The SMILES string of the molecule is C=C1C(=O)[C@@]23CC[C@@H](CC2[C@]2(COC)CCC[C@@](C)(COC)C12)C(=C)C3=O. The van der Waals surface area contributed by atoms with E-state index in [9.17, 15) is 9.59 Å². The molecule has 0 amide bonds. The maximum Gasteiger partial charge on any atom is 0.172 e. The van der Waals surface area contributed by atoms with E-state index in [4.69, 9.17) is 9.47 Å². The molecule has 1 spiro atoms. The summed E-state index contributed by atoms with van der Waals surface area (Å²) in [6, 6.07) is 0. The zero-order valence-electron chi connectivity index (χ0n) is 16.9. The fourth-order valence-electron chi connectivity index (χ4n) is 7.71. The highest BCUT2D eigenvalue weighted by molar-refractivity contribution is 6.21. The molecular weight excluding hydrogens is 340 g/mol. The lowest BCUT2D eigenvalue weighted by atomic mass is 9.35. The van der Waals surface area contributed by atoms with Crippen LogP contribution in [0.15, 0.2) is 24.3 Å². The molecule has 148 valence electrons. The van der Waals surface area contributed by atoms with Crippen LogP contribution in [-0.2, 0) is 19.1 Å². The van der Waals surface area contributed by atoms with Gasteiger partial charge in [0.2, 0.25) is 0 Å². The predicted molar refractivity (Wildman–Crippen MR) is 103 cm³/mol. The van der Waals surface area contributed by atoms with Gasteiger partial charge in [0.25, 0.3) is 0 Å². The number of hydrogen-bond acceptors (Lipinski definition) is 4. The molecule has 27 heavy (non-hydrogen) atoms. The topological polar surface area (TPSA) is 52.6 Å². The normalized spacial score (nSPS) is 46.4. The summed E-state index contributed by atoms with van der Waals surface area (Å²) < 4.78 is 11.4. The first-order valence-electron chi connectivity index (χ1n) is 10.2. The van der Waals surface area contributed by atoms with Crippen LogP contribution in [-0.4, -0.2) is 39.0 Å². The first-order chi connectivity index (χ1) is 12.8. The number of ether oxygens (including phenoxy) is 2. The molecule has 5 aliphatic rings. The van der Waals surface area contributed by atoms with E-state index in [1.165, 1.54) is 0 Å². The second kappa shape index (κ2) is 6.12. The van der Waals surface area contributed by atoms with Gasteiger partial charge in [0, 0.05) is 25.6 Å². The standard InChI is InChI=1S/C23H32O4/c1-14-16-7-10-23(19(14)24)17(11-16)22(13-27-5)9-6-8-21(3,12-26-4)18(22)15(2)20(23)25/h16-18H,1-2,6-13H2,3-5H3/t16-,17?,18?,21-,22+,23-/m0/s1. The van der Waals surface area contributed by atoms with Crippen LogP contribution in [0.5, 0.6) is 0 Å². The Balaban J connectivity index is 1.92. The highest BCUT2D eigenvalue weighted by Gasteiger charge is 2.72. The van der Waals surface area contributed by atoms with E-state index in [0.29, 0.717) is 30.8 Å². The lowest BCUT2D eigenvalue weighted by Gasteiger charge is -2.67. The summed E-state index contributed by atoms with van der Waals surface area (Å²) in [5.74, 6) is 0.226. The monoisotopic (exact) mass is 372 g/mol. The second-order valence-electron chi connectivity index (χ2n) is 9.74. The number of carbonyl (C=O) groups is 2. The number of ketones is 2. The molecule has 5 aliphatic carbocycles. The molecule has 4 nitrogen and oxygen atoms in total. The Hall–Kier alpha value is -1.26. The van der Waals surface area contributed by atoms with E-state index in [0.717, 1.165) is 32.1 Å². The highest BCUT2D eigenvalue weighted by Crippen LogP contribution is 2.71. The predicted octanol–water partition coefficient (Wildman–Crippen LogP) is 3.75. The molecule has 0 aromatic heterocycles. The molecule has 0 aliphatic heterocycles. The van der Waals surface area contributed by atoms with Gasteiger partial charge in [-0.05, 0) is 60.5 Å². The van der Waals surface area contributed by atoms with Crippen molar-refractivity contribution in [1.82, 2.24) is 0 Å². The van der Waals surface area contributed by atoms with Crippen molar-refractivity contribution in [3.63, 3.8) is 0 Å². The fraction of sp³-hybridized carbons (Fsp3) is 0.739. The number of allylic oxidation sites excluding steroid dienone is 2. The summed E-state index contributed by atoms with van der Waals surface area (Å²) in [5, 5.41) is 0. The lowest BCUT2D eigenvalue weighted by molar-refractivity contribution is -0.190. The quantitative estimate of drug-likeness (QED) is 0.557. The lowest BCUT2D eigenvalue weighted by Crippen LogP contribution is -2.69. The highest BCUT2D eigenvalue weighted by atomic mass is 16.5. The van der Waals surface area contributed by atoms with E-state index in [-0.39, 0.29) is 40.2 Å². The molecule has 4 heteroatoms. The molecule has 5 rings (SSSR count). The molecule has 0 N–H and O–H groups in total. The largest absolute Gasteiger partial charge is 0.384 e. The minimum Gasteiger partial charge on any atom is -0.384 e. The van der Waals surface area contributed by atoms with Crippen LogP contribution in [0, 0.1) is 34.0 Å². The van der Waals surface area contributed by atoms with Crippen LogP contribution in [0.1, 0.15) is 45.4 Å². The molecule has 5 saturated carbocycles. The summed E-state index contributed by atoms with van der Waals surface area (Å²) in [6.07, 6.45) is 5.48. The molecule has 2 bridgehead atoms. The zero-order valence-corrected chi connectivity index (χ0v) is 16.9. The molecule has 0 radical (unpaired) electrons. The number of carbonyl (C=O) groups excluding carboxylic acids is 2. The van der Waals surface area contributed by atoms with Crippen molar-refractivity contribution in [3.8, 4) is 0 Å². The second-order valence-corrected chi connectivity index (χ2v) is 9.74. The molecule has 0 heterocycles. The van der Waals surface area contributed by atoms with Crippen molar-refractivity contribution in [3.05, 3.63) is 24.3 Å². The summed E-state index contributed by atoms with van der Waals surface area (Å²) in [7, 11) is 3.46. The van der Waals surface area contributed by atoms with E-state index in [1.807, 2.05) is 0 Å². The third kappa shape index (κ3) is 2.17. The van der Waals surface area contributed by atoms with E-state index in [1.54, 1.807) is 14.2 Å². The van der Waals surface area contributed by atoms with Gasteiger partial charge in [-0.2, -0.15) is 0 Å². The summed E-state index contributed by atoms with van der Waals surface area (Å²) in [6.45, 7) is 11.8. The van der Waals surface area contributed by atoms with Gasteiger partial charge in [-0.15, -0.1) is 0 Å². The van der Waals surface area contributed by atoms with Gasteiger partial charge in [0.05, 0.1) is 18.6 Å². The van der Waals surface area contributed by atoms with Gasteiger partial charge in [-0.25, -0.2) is 0 Å². The van der Waals surface area contributed by atoms with Gasteiger partial charge in [0.1, 0.15) is 0 Å². The summed E-state index contributed by atoms with van der Waals surface area (Å²) in [5.41, 5.74) is -0.0237. The third-order valence-electron chi connectivity index (χ3n) is 8.48. The Labute approximate surface area is 162 Å².